The maximum absolute atomic E-state index is 11.5. The van der Waals surface area contributed by atoms with Crippen molar-refractivity contribution < 1.29 is 14.8 Å². The summed E-state index contributed by atoms with van der Waals surface area (Å²) >= 11 is 0. The summed E-state index contributed by atoms with van der Waals surface area (Å²) in [4.78, 5) is 26.4. The fourth-order valence-electron chi connectivity index (χ4n) is 2.42. The van der Waals surface area contributed by atoms with Gasteiger partial charge in [-0.3, -0.25) is 19.9 Å². The summed E-state index contributed by atoms with van der Waals surface area (Å²) in [6, 6.07) is 0. The van der Waals surface area contributed by atoms with E-state index in [-0.39, 0.29) is 12.1 Å². The van der Waals surface area contributed by atoms with Crippen LogP contribution in [0.15, 0.2) is 6.20 Å². The van der Waals surface area contributed by atoms with Crippen LogP contribution >= 0.6 is 0 Å². The number of aryl methyl sites for hydroxylation is 1. The highest BCUT2D eigenvalue weighted by molar-refractivity contribution is 5.75. The second-order valence-corrected chi connectivity index (χ2v) is 5.09. The molecule has 0 aliphatic carbocycles. The first-order valence-electron chi connectivity index (χ1n) is 6.62. The largest absolute Gasteiger partial charge is 0.481 e. The lowest BCUT2D eigenvalue weighted by molar-refractivity contribution is -0.386. The van der Waals surface area contributed by atoms with Crippen molar-refractivity contribution >= 4 is 11.7 Å². The summed E-state index contributed by atoms with van der Waals surface area (Å²) in [6.45, 7) is 6.89. The molecule has 0 spiro atoms. The van der Waals surface area contributed by atoms with E-state index in [4.69, 9.17) is 0 Å². The molecule has 0 fully saturated rings. The predicted octanol–water partition coefficient (Wildman–Crippen LogP) is 3.04. The van der Waals surface area contributed by atoms with E-state index in [2.05, 4.69) is 4.98 Å². The van der Waals surface area contributed by atoms with Crippen LogP contribution in [0.1, 0.15) is 43.5 Å². The predicted molar refractivity (Wildman–Crippen MR) is 74.7 cm³/mol. The molecule has 6 nitrogen and oxygen atoms in total. The molecule has 0 bridgehead atoms. The number of aliphatic carboxylic acids is 1. The molecule has 0 radical (unpaired) electrons. The molecule has 0 amide bonds. The fourth-order valence-corrected chi connectivity index (χ4v) is 2.42. The molecular weight excluding hydrogens is 260 g/mol. The number of carboxylic acids is 1. The van der Waals surface area contributed by atoms with Gasteiger partial charge in [0.15, 0.2) is 0 Å². The minimum Gasteiger partial charge on any atom is -0.481 e. The zero-order valence-electron chi connectivity index (χ0n) is 12.3. The van der Waals surface area contributed by atoms with Gasteiger partial charge in [-0.15, -0.1) is 0 Å². The van der Waals surface area contributed by atoms with E-state index < -0.39 is 16.3 Å². The van der Waals surface area contributed by atoms with E-state index in [9.17, 15) is 20.0 Å². The summed E-state index contributed by atoms with van der Waals surface area (Å²) in [6.07, 6.45) is 2.57. The van der Waals surface area contributed by atoms with E-state index in [1.54, 1.807) is 13.8 Å². The molecule has 0 unspecified atom stereocenters. The number of nitro groups is 1. The molecule has 0 saturated carbocycles. The average molecular weight is 280 g/mol. The minimum atomic E-state index is -0.916. The topological polar surface area (TPSA) is 93.3 Å². The zero-order chi connectivity index (χ0) is 15.5. The van der Waals surface area contributed by atoms with Crippen molar-refractivity contribution in [3.05, 3.63) is 33.1 Å². The van der Waals surface area contributed by atoms with Gasteiger partial charge in [0.1, 0.15) is 0 Å². The van der Waals surface area contributed by atoms with E-state index in [0.29, 0.717) is 29.7 Å². The first-order chi connectivity index (χ1) is 9.29. The molecule has 20 heavy (non-hydrogen) atoms. The highest BCUT2D eigenvalue weighted by Gasteiger charge is 2.36. The summed E-state index contributed by atoms with van der Waals surface area (Å²) in [5.74, 6) is -0.882. The van der Waals surface area contributed by atoms with Gasteiger partial charge in [0.2, 0.25) is 0 Å². The van der Waals surface area contributed by atoms with Crippen LogP contribution in [0.3, 0.4) is 0 Å². The van der Waals surface area contributed by atoms with Gasteiger partial charge in [-0.2, -0.15) is 0 Å². The number of rotatable bonds is 6. The molecule has 1 rings (SSSR count). The Labute approximate surface area is 118 Å². The van der Waals surface area contributed by atoms with Crippen molar-refractivity contribution in [3.8, 4) is 0 Å². The fraction of sp³-hybridized carbons (Fsp3) is 0.571. The average Bonchev–Trinajstić information content (AvgIpc) is 2.38. The van der Waals surface area contributed by atoms with E-state index >= 15 is 0 Å². The van der Waals surface area contributed by atoms with Gasteiger partial charge in [-0.1, -0.05) is 13.8 Å². The van der Waals surface area contributed by atoms with Crippen molar-refractivity contribution in [2.75, 3.05) is 0 Å². The Kier molecular flexibility index (Phi) is 4.81. The lowest BCUT2D eigenvalue weighted by Crippen LogP contribution is -2.32. The van der Waals surface area contributed by atoms with Crippen LogP contribution < -0.4 is 0 Å². The second kappa shape index (κ2) is 5.98. The molecule has 0 aliphatic rings. The number of carboxylic acid groups (broad SMARTS) is 1. The Balaban J connectivity index is 3.32. The lowest BCUT2D eigenvalue weighted by Gasteiger charge is -2.26. The third-order valence-electron chi connectivity index (χ3n) is 4.07. The molecule has 1 N–H and O–H groups in total. The normalized spacial score (nSPS) is 11.4. The van der Waals surface area contributed by atoms with Gasteiger partial charge in [0.05, 0.1) is 16.0 Å². The Morgan fingerprint density at radius 1 is 1.40 bits per heavy atom. The third kappa shape index (κ3) is 2.79. The number of hydrogen-bond acceptors (Lipinski definition) is 4. The molecule has 1 aromatic rings. The van der Waals surface area contributed by atoms with Crippen LogP contribution in [0.5, 0.6) is 0 Å². The van der Waals surface area contributed by atoms with Gasteiger partial charge in [-0.05, 0) is 26.7 Å². The molecule has 110 valence electrons. The molecular formula is C14H20N2O4. The monoisotopic (exact) mass is 280 g/mol. The molecule has 0 saturated heterocycles. The van der Waals surface area contributed by atoms with E-state index in [0.717, 1.165) is 0 Å². The number of nitrogens with zero attached hydrogens (tertiary/aromatic N) is 2. The molecule has 0 aliphatic heterocycles. The molecule has 1 heterocycles. The van der Waals surface area contributed by atoms with Crippen LogP contribution in [0.25, 0.3) is 0 Å². The van der Waals surface area contributed by atoms with Gasteiger partial charge < -0.3 is 5.11 Å². The van der Waals surface area contributed by atoms with Crippen LogP contribution in [-0.2, 0) is 11.2 Å². The maximum atomic E-state index is 11.5. The number of hydrogen-bond donors (Lipinski definition) is 1. The molecule has 0 aromatic carbocycles. The van der Waals surface area contributed by atoms with Gasteiger partial charge >= 0.3 is 5.97 Å². The van der Waals surface area contributed by atoms with Crippen LogP contribution in [0, 0.1) is 29.4 Å². The summed E-state index contributed by atoms with van der Waals surface area (Å²) in [5, 5.41) is 20.5. The first-order valence-corrected chi connectivity index (χ1v) is 6.62. The van der Waals surface area contributed by atoms with Crippen LogP contribution in [0.2, 0.25) is 0 Å². The molecule has 0 atom stereocenters. The Bertz CT molecular complexity index is 536. The Morgan fingerprint density at radius 3 is 2.35 bits per heavy atom. The first kappa shape index (κ1) is 16.1. The highest BCUT2D eigenvalue weighted by atomic mass is 16.6. The van der Waals surface area contributed by atoms with Gasteiger partial charge in [0.25, 0.3) is 5.69 Å². The number of carbonyl (C=O) groups is 1. The highest BCUT2D eigenvalue weighted by Crippen LogP contribution is 2.34. The van der Waals surface area contributed by atoms with E-state index in [1.807, 2.05) is 13.8 Å². The van der Waals surface area contributed by atoms with Gasteiger partial charge in [-0.25, -0.2) is 0 Å². The van der Waals surface area contributed by atoms with Crippen molar-refractivity contribution in [2.45, 2.75) is 47.0 Å². The van der Waals surface area contributed by atoms with Crippen LogP contribution in [0.4, 0.5) is 5.69 Å². The standard InChI is InChI=1S/C14H20N2O4/c1-5-14(6-2,13(17)18)7-11-10(4)12(16(19)20)9(3)8-15-11/h8H,5-7H2,1-4H3,(H,17,18). The smallest absolute Gasteiger partial charge is 0.310 e. The zero-order valence-corrected chi connectivity index (χ0v) is 12.3. The lowest BCUT2D eigenvalue weighted by atomic mass is 9.77. The summed E-state index contributed by atoms with van der Waals surface area (Å²) in [5.41, 5.74) is 0.559. The SMILES string of the molecule is CCC(CC)(Cc1ncc(C)c([N+](=O)[O-])c1C)C(=O)O. The number of aromatic nitrogens is 1. The second-order valence-electron chi connectivity index (χ2n) is 5.09. The van der Waals surface area contributed by atoms with E-state index in [1.165, 1.54) is 6.20 Å². The molecule has 1 aromatic heterocycles. The Morgan fingerprint density at radius 2 is 1.95 bits per heavy atom. The van der Waals surface area contributed by atoms with Gasteiger partial charge in [0, 0.05) is 23.7 Å². The summed E-state index contributed by atoms with van der Waals surface area (Å²) in [7, 11) is 0. The summed E-state index contributed by atoms with van der Waals surface area (Å²) < 4.78 is 0. The van der Waals surface area contributed by atoms with Crippen molar-refractivity contribution in [3.63, 3.8) is 0 Å². The van der Waals surface area contributed by atoms with Crippen LogP contribution in [-0.4, -0.2) is 21.0 Å². The minimum absolute atomic E-state index is 0.0292. The molecule has 6 heteroatoms. The maximum Gasteiger partial charge on any atom is 0.310 e. The number of pyridine rings is 1. The van der Waals surface area contributed by atoms with Crippen molar-refractivity contribution in [1.82, 2.24) is 4.98 Å². The quantitative estimate of drug-likeness (QED) is 0.638. The van der Waals surface area contributed by atoms with Crippen molar-refractivity contribution in [1.29, 1.82) is 0 Å². The third-order valence-corrected chi connectivity index (χ3v) is 4.07. The van der Waals surface area contributed by atoms with Crippen molar-refractivity contribution in [2.24, 2.45) is 5.41 Å². The Hall–Kier alpha value is -1.98.